The van der Waals surface area contributed by atoms with Gasteiger partial charge in [-0.15, -0.1) is 0 Å². The predicted molar refractivity (Wildman–Crippen MR) is 64.5 cm³/mol. The molecule has 81 valence electrons. The third-order valence-corrected chi connectivity index (χ3v) is 2.58. The van der Waals surface area contributed by atoms with Crippen LogP contribution in [0.1, 0.15) is 37.0 Å². The minimum atomic E-state index is -0.392. The second-order valence-corrected chi connectivity index (χ2v) is 3.75. The summed E-state index contributed by atoms with van der Waals surface area (Å²) in [5, 5.41) is 0. The zero-order chi connectivity index (χ0) is 11.3. The maximum absolute atomic E-state index is 12.6. The van der Waals surface area contributed by atoms with Crippen molar-refractivity contribution in [3.63, 3.8) is 0 Å². The van der Waals surface area contributed by atoms with Gasteiger partial charge in [-0.3, -0.25) is 4.39 Å². The molecule has 1 rings (SSSR count). The Morgan fingerprint density at radius 3 is 2.73 bits per heavy atom. The van der Waals surface area contributed by atoms with Crippen molar-refractivity contribution >= 4 is 6.08 Å². The number of alkyl halides is 1. The molecule has 0 amide bonds. The summed E-state index contributed by atoms with van der Waals surface area (Å²) in [5.41, 5.74) is 3.35. The predicted octanol–water partition coefficient (Wildman–Crippen LogP) is 4.19. The van der Waals surface area contributed by atoms with E-state index in [0.29, 0.717) is 0 Å². The molecule has 0 atom stereocenters. The van der Waals surface area contributed by atoms with Crippen molar-refractivity contribution in [2.75, 3.05) is 6.67 Å². The largest absolute Gasteiger partial charge is 0.250 e. The lowest BCUT2D eigenvalue weighted by atomic mass is 9.91. The third kappa shape index (κ3) is 2.68. The molecule has 0 saturated carbocycles. The van der Waals surface area contributed by atoms with Gasteiger partial charge in [0.25, 0.3) is 0 Å². The van der Waals surface area contributed by atoms with Gasteiger partial charge in [0.2, 0.25) is 0 Å². The van der Waals surface area contributed by atoms with Crippen molar-refractivity contribution in [1.29, 1.82) is 0 Å². The molecule has 1 heteroatoms. The summed E-state index contributed by atoms with van der Waals surface area (Å²) < 4.78 is 12.6. The molecule has 0 spiro atoms. The molecule has 0 aliphatic rings. The molecule has 0 nitrogen and oxygen atoms in total. The lowest BCUT2D eigenvalue weighted by Crippen LogP contribution is -2.02. The second kappa shape index (κ2) is 5.69. The fourth-order valence-electron chi connectivity index (χ4n) is 1.79. The van der Waals surface area contributed by atoms with E-state index < -0.39 is 6.67 Å². The Kier molecular flexibility index (Phi) is 4.54. The molecule has 0 aromatic heterocycles. The number of benzene rings is 1. The van der Waals surface area contributed by atoms with Crippen LogP contribution in [0.3, 0.4) is 0 Å². The molecular weight excluding hydrogens is 187 g/mol. The quantitative estimate of drug-likeness (QED) is 0.676. The Hall–Kier alpha value is -1.11. The molecule has 0 fully saturated rings. The minimum Gasteiger partial charge on any atom is -0.250 e. The van der Waals surface area contributed by atoms with E-state index >= 15 is 0 Å². The number of aryl methyl sites for hydroxylation is 1. The molecule has 0 aliphatic carbocycles. The Morgan fingerprint density at radius 2 is 2.20 bits per heavy atom. The average molecular weight is 205 g/mol. The van der Waals surface area contributed by atoms with E-state index in [1.807, 2.05) is 25.1 Å². The molecule has 1 aromatic carbocycles. The summed E-state index contributed by atoms with van der Waals surface area (Å²) in [6, 6.07) is 6.05. The summed E-state index contributed by atoms with van der Waals surface area (Å²) in [6.45, 7) is 7.40. The van der Waals surface area contributed by atoms with Gasteiger partial charge in [0.1, 0.15) is 0 Å². The molecule has 0 bridgehead atoms. The van der Waals surface area contributed by atoms with Crippen molar-refractivity contribution in [2.45, 2.75) is 26.7 Å². The van der Waals surface area contributed by atoms with E-state index in [4.69, 9.17) is 0 Å². The Bertz CT molecular complexity index is 328. The van der Waals surface area contributed by atoms with Crippen LogP contribution in [-0.2, 0) is 6.42 Å². The molecule has 15 heavy (non-hydrogen) atoms. The van der Waals surface area contributed by atoms with E-state index in [-0.39, 0.29) is 0 Å². The van der Waals surface area contributed by atoms with Crippen LogP contribution in [0.5, 0.6) is 0 Å². The molecule has 0 saturated heterocycles. The number of hydrogen-bond acceptors (Lipinski definition) is 0. The van der Waals surface area contributed by atoms with Crippen LogP contribution < -0.4 is 0 Å². The summed E-state index contributed by atoms with van der Waals surface area (Å²) >= 11 is 0. The molecule has 0 N–H and O–H groups in total. The SMILES string of the molecule is C=Cc1c(CCC)cccc1[C](C)CF. The fourth-order valence-corrected chi connectivity index (χ4v) is 1.79. The van der Waals surface area contributed by atoms with Gasteiger partial charge in [0, 0.05) is 5.92 Å². The highest BCUT2D eigenvalue weighted by Gasteiger charge is 2.11. The molecule has 1 radical (unpaired) electrons. The average Bonchev–Trinajstić information content (AvgIpc) is 2.28. The molecular formula is C14H18F. The lowest BCUT2D eigenvalue weighted by Gasteiger charge is -2.14. The zero-order valence-electron chi connectivity index (χ0n) is 9.52. The number of halogens is 1. The molecule has 0 unspecified atom stereocenters. The van der Waals surface area contributed by atoms with Crippen LogP contribution in [0.25, 0.3) is 6.08 Å². The first-order valence-corrected chi connectivity index (χ1v) is 5.37. The van der Waals surface area contributed by atoms with Crippen LogP contribution in [-0.4, -0.2) is 6.67 Å². The fraction of sp³-hybridized carbons (Fsp3) is 0.357. The van der Waals surface area contributed by atoms with Crippen LogP contribution in [0.15, 0.2) is 24.8 Å². The monoisotopic (exact) mass is 205 g/mol. The smallest absolute Gasteiger partial charge is 0.0998 e. The Morgan fingerprint density at radius 1 is 1.47 bits per heavy atom. The van der Waals surface area contributed by atoms with Gasteiger partial charge in [-0.25, -0.2) is 0 Å². The maximum Gasteiger partial charge on any atom is 0.0998 e. The first-order chi connectivity index (χ1) is 7.24. The normalized spacial score (nSPS) is 10.7. The van der Waals surface area contributed by atoms with Gasteiger partial charge >= 0.3 is 0 Å². The van der Waals surface area contributed by atoms with E-state index in [9.17, 15) is 4.39 Å². The van der Waals surface area contributed by atoms with E-state index in [0.717, 1.165) is 29.9 Å². The van der Waals surface area contributed by atoms with Gasteiger partial charge in [0.15, 0.2) is 0 Å². The Balaban J connectivity index is 3.15. The molecule has 0 heterocycles. The Labute approximate surface area is 91.8 Å². The molecule has 0 aliphatic heterocycles. The first-order valence-electron chi connectivity index (χ1n) is 5.37. The summed E-state index contributed by atoms with van der Waals surface area (Å²) in [6.07, 6.45) is 3.95. The third-order valence-electron chi connectivity index (χ3n) is 2.58. The van der Waals surface area contributed by atoms with E-state index in [2.05, 4.69) is 19.6 Å². The standard InChI is InChI=1S/C14H18F/c1-4-7-12-8-6-9-14(11(3)10-15)13(12)5-2/h5-6,8-9H,2,4,7,10H2,1,3H3. The topological polar surface area (TPSA) is 0 Å². The van der Waals surface area contributed by atoms with Crippen LogP contribution in [0.2, 0.25) is 0 Å². The van der Waals surface area contributed by atoms with Gasteiger partial charge < -0.3 is 0 Å². The summed E-state index contributed by atoms with van der Waals surface area (Å²) in [7, 11) is 0. The number of hydrogen-bond donors (Lipinski definition) is 0. The van der Waals surface area contributed by atoms with Gasteiger partial charge in [0.05, 0.1) is 6.67 Å². The van der Waals surface area contributed by atoms with Crippen LogP contribution >= 0.6 is 0 Å². The first kappa shape index (κ1) is 12.0. The number of rotatable bonds is 5. The van der Waals surface area contributed by atoms with Gasteiger partial charge in [-0.05, 0) is 23.1 Å². The van der Waals surface area contributed by atoms with Crippen LogP contribution in [0.4, 0.5) is 4.39 Å². The highest BCUT2D eigenvalue weighted by molar-refractivity contribution is 5.60. The highest BCUT2D eigenvalue weighted by Crippen LogP contribution is 2.24. The van der Waals surface area contributed by atoms with Crippen molar-refractivity contribution in [3.05, 3.63) is 47.4 Å². The van der Waals surface area contributed by atoms with Gasteiger partial charge in [-0.2, -0.15) is 0 Å². The second-order valence-electron chi connectivity index (χ2n) is 3.75. The van der Waals surface area contributed by atoms with Crippen molar-refractivity contribution in [3.8, 4) is 0 Å². The minimum absolute atomic E-state index is 0.392. The maximum atomic E-state index is 12.6. The van der Waals surface area contributed by atoms with Crippen molar-refractivity contribution in [2.24, 2.45) is 0 Å². The lowest BCUT2D eigenvalue weighted by molar-refractivity contribution is 0.516. The summed E-state index contributed by atoms with van der Waals surface area (Å²) in [5.74, 6) is 0.780. The van der Waals surface area contributed by atoms with Crippen molar-refractivity contribution in [1.82, 2.24) is 0 Å². The van der Waals surface area contributed by atoms with E-state index in [1.165, 1.54) is 5.56 Å². The van der Waals surface area contributed by atoms with E-state index in [1.54, 1.807) is 0 Å². The highest BCUT2D eigenvalue weighted by atomic mass is 19.1. The van der Waals surface area contributed by atoms with Gasteiger partial charge in [-0.1, -0.05) is 51.1 Å². The van der Waals surface area contributed by atoms with Crippen LogP contribution in [0, 0.1) is 5.92 Å². The summed E-state index contributed by atoms with van der Waals surface area (Å²) in [4.78, 5) is 0. The van der Waals surface area contributed by atoms with Crippen molar-refractivity contribution < 1.29 is 4.39 Å². The molecule has 1 aromatic rings. The zero-order valence-corrected chi connectivity index (χ0v) is 9.52.